The monoisotopic (exact) mass is 226 g/mol. The second kappa shape index (κ2) is 6.24. The summed E-state index contributed by atoms with van der Waals surface area (Å²) in [6.45, 7) is 8.42. The highest BCUT2D eigenvalue weighted by Gasteiger charge is 2.33. The summed E-state index contributed by atoms with van der Waals surface area (Å²) in [5.41, 5.74) is -0.134. The smallest absolute Gasteiger partial charge is 0.226 e. The average molecular weight is 226 g/mol. The van der Waals surface area contributed by atoms with E-state index in [2.05, 4.69) is 31.4 Å². The molecular weight excluding hydrogens is 200 g/mol. The SMILES string of the molecule is CCC(CC)(CC)C(=O)NC1CCNCC1. The van der Waals surface area contributed by atoms with Crippen molar-refractivity contribution in [3.63, 3.8) is 0 Å². The van der Waals surface area contributed by atoms with Gasteiger partial charge in [-0.15, -0.1) is 0 Å². The Morgan fingerprint density at radius 2 is 1.69 bits per heavy atom. The second-order valence-electron chi connectivity index (χ2n) is 4.84. The number of carbonyl (C=O) groups excluding carboxylic acids is 1. The van der Waals surface area contributed by atoms with Gasteiger partial charge in [0, 0.05) is 11.5 Å². The molecule has 0 atom stereocenters. The van der Waals surface area contributed by atoms with E-state index in [-0.39, 0.29) is 11.3 Å². The highest BCUT2D eigenvalue weighted by molar-refractivity contribution is 5.82. The van der Waals surface area contributed by atoms with Gasteiger partial charge in [-0.25, -0.2) is 0 Å². The highest BCUT2D eigenvalue weighted by Crippen LogP contribution is 2.30. The summed E-state index contributed by atoms with van der Waals surface area (Å²) in [5.74, 6) is 0.270. The molecule has 0 aromatic rings. The standard InChI is InChI=1S/C13H26N2O/c1-4-13(5-2,6-3)12(16)15-11-7-9-14-10-8-11/h11,14H,4-10H2,1-3H3,(H,15,16). The van der Waals surface area contributed by atoms with Crippen LogP contribution in [0.3, 0.4) is 0 Å². The van der Waals surface area contributed by atoms with Crippen LogP contribution in [0.2, 0.25) is 0 Å². The molecule has 0 aromatic heterocycles. The molecule has 94 valence electrons. The van der Waals surface area contributed by atoms with E-state index >= 15 is 0 Å². The predicted octanol–water partition coefficient (Wildman–Crippen LogP) is 2.07. The van der Waals surface area contributed by atoms with Gasteiger partial charge in [0.2, 0.25) is 5.91 Å². The molecule has 1 aliphatic heterocycles. The largest absolute Gasteiger partial charge is 0.353 e. The molecular formula is C13H26N2O. The number of carbonyl (C=O) groups is 1. The van der Waals surface area contributed by atoms with Gasteiger partial charge in [-0.1, -0.05) is 20.8 Å². The summed E-state index contributed by atoms with van der Waals surface area (Å²) in [7, 11) is 0. The topological polar surface area (TPSA) is 41.1 Å². The Morgan fingerprint density at radius 3 is 2.12 bits per heavy atom. The van der Waals surface area contributed by atoms with Crippen LogP contribution in [0.4, 0.5) is 0 Å². The fraction of sp³-hybridized carbons (Fsp3) is 0.923. The van der Waals surface area contributed by atoms with Crippen LogP contribution >= 0.6 is 0 Å². The van der Waals surface area contributed by atoms with Gasteiger partial charge in [0.1, 0.15) is 0 Å². The van der Waals surface area contributed by atoms with Gasteiger partial charge in [0.15, 0.2) is 0 Å². The third-order valence-corrected chi connectivity index (χ3v) is 4.19. The molecule has 0 spiro atoms. The third-order valence-electron chi connectivity index (χ3n) is 4.19. The van der Waals surface area contributed by atoms with Gasteiger partial charge >= 0.3 is 0 Å². The first-order chi connectivity index (χ1) is 7.68. The Morgan fingerprint density at radius 1 is 1.19 bits per heavy atom. The van der Waals surface area contributed by atoms with E-state index in [0.29, 0.717) is 6.04 Å². The van der Waals surface area contributed by atoms with E-state index in [0.717, 1.165) is 45.2 Å². The van der Waals surface area contributed by atoms with Crippen LogP contribution in [0.15, 0.2) is 0 Å². The number of hydrogen-bond acceptors (Lipinski definition) is 2. The lowest BCUT2D eigenvalue weighted by Gasteiger charge is -2.32. The molecule has 0 saturated carbocycles. The number of hydrogen-bond donors (Lipinski definition) is 2. The van der Waals surface area contributed by atoms with Crippen LogP contribution in [-0.4, -0.2) is 25.0 Å². The minimum atomic E-state index is -0.134. The summed E-state index contributed by atoms with van der Waals surface area (Å²) in [4.78, 5) is 12.3. The number of piperidine rings is 1. The first-order valence-electron chi connectivity index (χ1n) is 6.70. The minimum Gasteiger partial charge on any atom is -0.353 e. The summed E-state index contributed by atoms with van der Waals surface area (Å²) in [5, 5.41) is 6.55. The Kier molecular flexibility index (Phi) is 5.26. The zero-order valence-electron chi connectivity index (χ0n) is 10.9. The number of nitrogens with one attached hydrogen (secondary N) is 2. The summed E-state index contributed by atoms with van der Waals surface area (Å²) in [6.07, 6.45) is 4.96. The van der Waals surface area contributed by atoms with Crippen molar-refractivity contribution < 1.29 is 4.79 Å². The molecule has 3 nitrogen and oxygen atoms in total. The molecule has 0 radical (unpaired) electrons. The van der Waals surface area contributed by atoms with E-state index in [1.165, 1.54) is 0 Å². The number of rotatable bonds is 5. The molecule has 1 rings (SSSR count). The van der Waals surface area contributed by atoms with Crippen molar-refractivity contribution in [3.8, 4) is 0 Å². The maximum Gasteiger partial charge on any atom is 0.226 e. The quantitative estimate of drug-likeness (QED) is 0.753. The van der Waals surface area contributed by atoms with Gasteiger partial charge < -0.3 is 10.6 Å². The first-order valence-corrected chi connectivity index (χ1v) is 6.70. The maximum atomic E-state index is 12.3. The van der Waals surface area contributed by atoms with Crippen LogP contribution in [-0.2, 0) is 4.79 Å². The van der Waals surface area contributed by atoms with E-state index in [1.54, 1.807) is 0 Å². The Labute approximate surface area is 99.4 Å². The lowest BCUT2D eigenvalue weighted by atomic mass is 9.78. The summed E-state index contributed by atoms with van der Waals surface area (Å²) >= 11 is 0. The molecule has 0 unspecified atom stereocenters. The van der Waals surface area contributed by atoms with Crippen molar-refractivity contribution >= 4 is 5.91 Å². The van der Waals surface area contributed by atoms with Crippen LogP contribution < -0.4 is 10.6 Å². The molecule has 0 bridgehead atoms. The van der Waals surface area contributed by atoms with E-state index in [1.807, 2.05) is 0 Å². The Bertz CT molecular complexity index is 210. The summed E-state index contributed by atoms with van der Waals surface area (Å²) in [6, 6.07) is 0.387. The van der Waals surface area contributed by atoms with Gasteiger partial charge in [-0.3, -0.25) is 4.79 Å². The molecule has 2 N–H and O–H groups in total. The van der Waals surface area contributed by atoms with E-state index in [4.69, 9.17) is 0 Å². The fourth-order valence-corrected chi connectivity index (χ4v) is 2.54. The van der Waals surface area contributed by atoms with Gasteiger partial charge in [0.05, 0.1) is 0 Å². The zero-order chi connectivity index (χ0) is 12.0. The molecule has 1 aliphatic rings. The molecule has 3 heteroatoms. The molecule has 1 amide bonds. The fourth-order valence-electron chi connectivity index (χ4n) is 2.54. The van der Waals surface area contributed by atoms with Crippen molar-refractivity contribution in [1.82, 2.24) is 10.6 Å². The van der Waals surface area contributed by atoms with Crippen LogP contribution in [0.5, 0.6) is 0 Å². The van der Waals surface area contributed by atoms with Crippen LogP contribution in [0.25, 0.3) is 0 Å². The minimum absolute atomic E-state index is 0.134. The highest BCUT2D eigenvalue weighted by atomic mass is 16.2. The zero-order valence-corrected chi connectivity index (χ0v) is 10.9. The number of amides is 1. The van der Waals surface area contributed by atoms with Gasteiger partial charge in [-0.05, 0) is 45.2 Å². The molecule has 1 fully saturated rings. The molecule has 0 aliphatic carbocycles. The third kappa shape index (κ3) is 2.97. The van der Waals surface area contributed by atoms with Gasteiger partial charge in [0.25, 0.3) is 0 Å². The van der Waals surface area contributed by atoms with E-state index < -0.39 is 0 Å². The van der Waals surface area contributed by atoms with Crippen molar-refractivity contribution in [1.29, 1.82) is 0 Å². The average Bonchev–Trinajstić information content (AvgIpc) is 2.33. The maximum absolute atomic E-state index is 12.3. The lowest BCUT2D eigenvalue weighted by molar-refractivity contribution is -0.132. The Balaban J connectivity index is 2.54. The normalized spacial score (nSPS) is 18.4. The molecule has 16 heavy (non-hydrogen) atoms. The van der Waals surface area contributed by atoms with Gasteiger partial charge in [-0.2, -0.15) is 0 Å². The summed E-state index contributed by atoms with van der Waals surface area (Å²) < 4.78 is 0. The van der Waals surface area contributed by atoms with Crippen molar-refractivity contribution in [2.24, 2.45) is 5.41 Å². The lowest BCUT2D eigenvalue weighted by Crippen LogP contribution is -2.48. The first kappa shape index (κ1) is 13.5. The predicted molar refractivity (Wildman–Crippen MR) is 67.3 cm³/mol. The van der Waals surface area contributed by atoms with E-state index in [9.17, 15) is 4.79 Å². The van der Waals surface area contributed by atoms with Crippen molar-refractivity contribution in [3.05, 3.63) is 0 Å². The second-order valence-corrected chi connectivity index (χ2v) is 4.84. The molecule has 1 heterocycles. The van der Waals surface area contributed by atoms with Crippen molar-refractivity contribution in [2.45, 2.75) is 58.9 Å². The molecule has 0 aromatic carbocycles. The van der Waals surface area contributed by atoms with Crippen LogP contribution in [0.1, 0.15) is 52.9 Å². The molecule has 1 saturated heterocycles. The Hall–Kier alpha value is -0.570. The van der Waals surface area contributed by atoms with Crippen LogP contribution in [0, 0.1) is 5.41 Å². The van der Waals surface area contributed by atoms with Crippen molar-refractivity contribution in [2.75, 3.05) is 13.1 Å².